The molecule has 1 aliphatic rings. The monoisotopic (exact) mass is 260 g/mol. The largest absolute Gasteiger partial charge is 0.313 e. The molecule has 1 aromatic rings. The van der Waals surface area contributed by atoms with E-state index in [-0.39, 0.29) is 0 Å². The molecule has 1 heterocycles. The predicted molar refractivity (Wildman–Crippen MR) is 82.6 cm³/mol. The molecule has 0 spiro atoms. The van der Waals surface area contributed by atoms with Crippen LogP contribution in [0.4, 0.5) is 0 Å². The molecule has 0 aliphatic carbocycles. The third-order valence-electron chi connectivity index (χ3n) is 4.43. The zero-order valence-electron chi connectivity index (χ0n) is 12.7. The highest BCUT2D eigenvalue weighted by atomic mass is 15.1. The van der Waals surface area contributed by atoms with Gasteiger partial charge in [0.05, 0.1) is 0 Å². The number of rotatable bonds is 6. The van der Waals surface area contributed by atoms with Crippen LogP contribution in [0.25, 0.3) is 0 Å². The first-order chi connectivity index (χ1) is 9.24. The highest BCUT2D eigenvalue weighted by Gasteiger charge is 2.15. The van der Waals surface area contributed by atoms with Gasteiger partial charge in [-0.3, -0.25) is 0 Å². The van der Waals surface area contributed by atoms with Crippen LogP contribution in [0.2, 0.25) is 0 Å². The molecule has 0 bridgehead atoms. The molecule has 0 radical (unpaired) electrons. The maximum atomic E-state index is 3.48. The van der Waals surface area contributed by atoms with Gasteiger partial charge in [-0.05, 0) is 76.0 Å². The number of aryl methyl sites for hydroxylation is 2. The summed E-state index contributed by atoms with van der Waals surface area (Å²) in [6, 6.07) is 7.46. The molecule has 1 atom stereocenters. The molecule has 1 saturated heterocycles. The smallest absolute Gasteiger partial charge is 0.0329 e. The van der Waals surface area contributed by atoms with E-state index >= 15 is 0 Å². The highest BCUT2D eigenvalue weighted by molar-refractivity contribution is 5.32. The van der Waals surface area contributed by atoms with Crippen LogP contribution in [-0.4, -0.2) is 31.6 Å². The molecule has 1 aromatic carbocycles. The zero-order valence-corrected chi connectivity index (χ0v) is 12.7. The minimum absolute atomic E-state index is 0.491. The van der Waals surface area contributed by atoms with Gasteiger partial charge in [-0.25, -0.2) is 0 Å². The minimum Gasteiger partial charge on any atom is -0.313 e. The summed E-state index contributed by atoms with van der Waals surface area (Å²) in [6.07, 6.45) is 5.11. The van der Waals surface area contributed by atoms with E-state index in [1.54, 1.807) is 0 Å². The molecule has 1 aliphatic heterocycles. The standard InChI is InChI=1S/C17H28N2/c1-4-15-7-8-16(13-14(15)2)17(18-3)9-12-19-10-5-6-11-19/h7-8,13,17-18H,4-6,9-12H2,1-3H3. The molecule has 2 heteroatoms. The first-order valence-corrected chi connectivity index (χ1v) is 7.73. The number of benzene rings is 1. The van der Waals surface area contributed by atoms with Crippen molar-refractivity contribution in [2.24, 2.45) is 0 Å². The van der Waals surface area contributed by atoms with E-state index < -0.39 is 0 Å². The zero-order chi connectivity index (χ0) is 13.7. The van der Waals surface area contributed by atoms with Crippen LogP contribution in [0.5, 0.6) is 0 Å². The number of hydrogen-bond donors (Lipinski definition) is 1. The van der Waals surface area contributed by atoms with Crippen molar-refractivity contribution in [2.45, 2.75) is 45.6 Å². The van der Waals surface area contributed by atoms with Gasteiger partial charge in [-0.15, -0.1) is 0 Å². The molecule has 1 fully saturated rings. The maximum absolute atomic E-state index is 3.48. The number of nitrogens with one attached hydrogen (secondary N) is 1. The van der Waals surface area contributed by atoms with E-state index in [4.69, 9.17) is 0 Å². The SMILES string of the molecule is CCc1ccc(C(CCN2CCCC2)NC)cc1C. The average molecular weight is 260 g/mol. The van der Waals surface area contributed by atoms with Crippen LogP contribution in [0.3, 0.4) is 0 Å². The lowest BCUT2D eigenvalue weighted by Crippen LogP contribution is -2.26. The van der Waals surface area contributed by atoms with Gasteiger partial charge in [0.1, 0.15) is 0 Å². The predicted octanol–water partition coefficient (Wildman–Crippen LogP) is 3.30. The van der Waals surface area contributed by atoms with Crippen LogP contribution in [0.15, 0.2) is 18.2 Å². The van der Waals surface area contributed by atoms with Crippen molar-refractivity contribution in [1.29, 1.82) is 0 Å². The molecule has 0 aromatic heterocycles. The van der Waals surface area contributed by atoms with E-state index in [1.807, 2.05) is 0 Å². The Morgan fingerprint density at radius 2 is 2.00 bits per heavy atom. The van der Waals surface area contributed by atoms with Crippen molar-refractivity contribution in [3.63, 3.8) is 0 Å². The molecule has 106 valence electrons. The van der Waals surface area contributed by atoms with Crippen LogP contribution in [0.1, 0.15) is 48.9 Å². The van der Waals surface area contributed by atoms with Crippen molar-refractivity contribution in [3.8, 4) is 0 Å². The quantitative estimate of drug-likeness (QED) is 0.844. The van der Waals surface area contributed by atoms with Gasteiger partial charge in [0.15, 0.2) is 0 Å². The number of likely N-dealkylation sites (tertiary alicyclic amines) is 1. The lowest BCUT2D eigenvalue weighted by molar-refractivity contribution is 0.314. The Labute approximate surface area is 118 Å². The Kier molecular flexibility index (Phi) is 5.41. The molecule has 2 rings (SSSR count). The summed E-state index contributed by atoms with van der Waals surface area (Å²) in [7, 11) is 2.08. The fraction of sp³-hybridized carbons (Fsp3) is 0.647. The third kappa shape index (κ3) is 3.80. The summed E-state index contributed by atoms with van der Waals surface area (Å²) in [5.41, 5.74) is 4.34. The Hall–Kier alpha value is -0.860. The van der Waals surface area contributed by atoms with Crippen molar-refractivity contribution in [3.05, 3.63) is 34.9 Å². The van der Waals surface area contributed by atoms with Gasteiger partial charge >= 0.3 is 0 Å². The normalized spacial score (nSPS) is 17.8. The topological polar surface area (TPSA) is 15.3 Å². The van der Waals surface area contributed by atoms with Gasteiger partial charge in [0, 0.05) is 6.04 Å². The summed E-state index contributed by atoms with van der Waals surface area (Å²) >= 11 is 0. The molecule has 2 nitrogen and oxygen atoms in total. The van der Waals surface area contributed by atoms with Crippen molar-refractivity contribution >= 4 is 0 Å². The van der Waals surface area contributed by atoms with Crippen molar-refractivity contribution in [1.82, 2.24) is 10.2 Å². The lowest BCUT2D eigenvalue weighted by atomic mass is 9.97. The van der Waals surface area contributed by atoms with E-state index in [0.717, 1.165) is 6.42 Å². The fourth-order valence-corrected chi connectivity index (χ4v) is 3.13. The van der Waals surface area contributed by atoms with Gasteiger partial charge in [0.25, 0.3) is 0 Å². The summed E-state index contributed by atoms with van der Waals surface area (Å²) in [4.78, 5) is 2.59. The second kappa shape index (κ2) is 7.06. The van der Waals surface area contributed by atoms with Crippen LogP contribution in [-0.2, 0) is 6.42 Å². The number of nitrogens with zero attached hydrogens (tertiary/aromatic N) is 1. The van der Waals surface area contributed by atoms with Gasteiger partial charge in [-0.1, -0.05) is 25.1 Å². The number of hydrogen-bond acceptors (Lipinski definition) is 2. The molecule has 1 N–H and O–H groups in total. The summed E-state index contributed by atoms with van der Waals surface area (Å²) in [5.74, 6) is 0. The lowest BCUT2D eigenvalue weighted by Gasteiger charge is -2.22. The second-order valence-electron chi connectivity index (χ2n) is 5.72. The molecular weight excluding hydrogens is 232 g/mol. The Morgan fingerprint density at radius 1 is 1.26 bits per heavy atom. The van der Waals surface area contributed by atoms with E-state index in [1.165, 1.54) is 55.6 Å². The van der Waals surface area contributed by atoms with Crippen LogP contribution in [0, 0.1) is 6.92 Å². The van der Waals surface area contributed by atoms with E-state index in [0.29, 0.717) is 6.04 Å². The third-order valence-corrected chi connectivity index (χ3v) is 4.43. The van der Waals surface area contributed by atoms with Crippen molar-refractivity contribution < 1.29 is 0 Å². The molecule has 1 unspecified atom stereocenters. The van der Waals surface area contributed by atoms with Crippen LogP contribution < -0.4 is 5.32 Å². The Bertz CT molecular complexity index is 394. The summed E-state index contributed by atoms with van der Waals surface area (Å²) in [6.45, 7) is 8.27. The second-order valence-corrected chi connectivity index (χ2v) is 5.72. The summed E-state index contributed by atoms with van der Waals surface area (Å²) in [5, 5.41) is 3.48. The molecule has 0 saturated carbocycles. The van der Waals surface area contributed by atoms with Gasteiger partial charge in [0.2, 0.25) is 0 Å². The van der Waals surface area contributed by atoms with E-state index in [2.05, 4.69) is 49.3 Å². The Morgan fingerprint density at radius 3 is 2.58 bits per heavy atom. The molecule has 0 amide bonds. The fourth-order valence-electron chi connectivity index (χ4n) is 3.13. The summed E-state index contributed by atoms with van der Waals surface area (Å²) < 4.78 is 0. The van der Waals surface area contributed by atoms with Crippen LogP contribution >= 0.6 is 0 Å². The molecule has 19 heavy (non-hydrogen) atoms. The first kappa shape index (κ1) is 14.5. The van der Waals surface area contributed by atoms with E-state index in [9.17, 15) is 0 Å². The average Bonchev–Trinajstić information content (AvgIpc) is 2.93. The minimum atomic E-state index is 0.491. The van der Waals surface area contributed by atoms with Crippen molar-refractivity contribution in [2.75, 3.05) is 26.7 Å². The maximum Gasteiger partial charge on any atom is 0.0329 e. The Balaban J connectivity index is 1.97. The molecular formula is C17H28N2. The highest BCUT2D eigenvalue weighted by Crippen LogP contribution is 2.21. The first-order valence-electron chi connectivity index (χ1n) is 7.73. The van der Waals surface area contributed by atoms with Gasteiger partial charge < -0.3 is 10.2 Å². The van der Waals surface area contributed by atoms with Gasteiger partial charge in [-0.2, -0.15) is 0 Å².